The van der Waals surface area contributed by atoms with Gasteiger partial charge in [0.05, 0.1) is 4.92 Å². The smallest absolute Gasteiger partial charge is 0.333 e. The number of nitrogens with zero attached hydrogens (tertiary/aromatic N) is 3. The minimum absolute atomic E-state index is 0.0836. The zero-order valence-corrected chi connectivity index (χ0v) is 12.5. The van der Waals surface area contributed by atoms with Crippen molar-refractivity contribution in [2.45, 2.75) is 26.2 Å². The summed E-state index contributed by atoms with van der Waals surface area (Å²) in [5.74, 6) is 0.727. The normalized spacial score (nSPS) is 12.1. The molecule has 0 radical (unpaired) electrons. The van der Waals surface area contributed by atoms with Crippen molar-refractivity contribution in [3.05, 3.63) is 51.7 Å². The Morgan fingerprint density at radius 1 is 1.38 bits per heavy atom. The van der Waals surface area contributed by atoms with Crippen LogP contribution < -0.4 is 5.32 Å². The van der Waals surface area contributed by atoms with E-state index in [2.05, 4.69) is 29.5 Å². The van der Waals surface area contributed by atoms with E-state index in [4.69, 9.17) is 0 Å². The first-order valence-corrected chi connectivity index (χ1v) is 7.03. The highest BCUT2D eigenvalue weighted by atomic mass is 16.6. The summed E-state index contributed by atoms with van der Waals surface area (Å²) in [6, 6.07) is 10.1. The van der Waals surface area contributed by atoms with Gasteiger partial charge in [-0.25, -0.2) is 4.68 Å². The molecule has 0 fully saturated rings. The van der Waals surface area contributed by atoms with Gasteiger partial charge >= 0.3 is 5.69 Å². The molecule has 0 amide bonds. The number of anilines is 1. The zero-order chi connectivity index (χ0) is 15.4. The van der Waals surface area contributed by atoms with E-state index >= 15 is 0 Å². The van der Waals surface area contributed by atoms with Crippen molar-refractivity contribution in [3.63, 3.8) is 0 Å². The largest absolute Gasteiger partial charge is 0.364 e. The molecule has 1 aromatic carbocycles. The van der Waals surface area contributed by atoms with Gasteiger partial charge in [0, 0.05) is 13.6 Å². The van der Waals surface area contributed by atoms with E-state index in [1.54, 1.807) is 11.7 Å². The van der Waals surface area contributed by atoms with Crippen LogP contribution in [0.15, 0.2) is 30.3 Å². The van der Waals surface area contributed by atoms with Gasteiger partial charge in [0.15, 0.2) is 0 Å². The molecule has 0 saturated carbocycles. The van der Waals surface area contributed by atoms with E-state index in [9.17, 15) is 10.1 Å². The Kier molecular flexibility index (Phi) is 4.57. The highest BCUT2D eigenvalue weighted by Crippen LogP contribution is 2.29. The van der Waals surface area contributed by atoms with Gasteiger partial charge in [0.2, 0.25) is 5.82 Å². The number of aromatic nitrogens is 2. The number of nitrogens with one attached hydrogen (secondary N) is 1. The third kappa shape index (κ3) is 3.21. The van der Waals surface area contributed by atoms with Crippen LogP contribution in [0.25, 0.3) is 0 Å². The Bertz CT molecular complexity index is 622. The molecule has 0 saturated heterocycles. The van der Waals surface area contributed by atoms with E-state index in [-0.39, 0.29) is 16.5 Å². The SMILES string of the molecule is CCc1nn(C)c(NCC(C)c2ccccc2)c1[N+](=O)[O-]. The fourth-order valence-corrected chi connectivity index (χ4v) is 2.35. The molecule has 112 valence electrons. The lowest BCUT2D eigenvalue weighted by Gasteiger charge is -2.13. The van der Waals surface area contributed by atoms with Gasteiger partial charge in [-0.3, -0.25) is 10.1 Å². The van der Waals surface area contributed by atoms with E-state index in [1.165, 1.54) is 5.56 Å². The van der Waals surface area contributed by atoms with Crippen LogP contribution in [0, 0.1) is 10.1 Å². The lowest BCUT2D eigenvalue weighted by atomic mass is 10.0. The van der Waals surface area contributed by atoms with Gasteiger partial charge in [-0.1, -0.05) is 44.2 Å². The predicted molar refractivity (Wildman–Crippen MR) is 82.6 cm³/mol. The highest BCUT2D eigenvalue weighted by molar-refractivity contribution is 5.60. The molecule has 0 bridgehead atoms. The summed E-state index contributed by atoms with van der Waals surface area (Å²) in [6.07, 6.45) is 0.542. The van der Waals surface area contributed by atoms with Crippen molar-refractivity contribution >= 4 is 11.5 Å². The molecule has 2 rings (SSSR count). The molecule has 6 nitrogen and oxygen atoms in total. The van der Waals surface area contributed by atoms with Crippen molar-refractivity contribution in [2.24, 2.45) is 7.05 Å². The quantitative estimate of drug-likeness (QED) is 0.654. The second kappa shape index (κ2) is 6.39. The number of aryl methyl sites for hydroxylation is 2. The molecule has 1 aromatic heterocycles. The van der Waals surface area contributed by atoms with Crippen LogP contribution in [-0.4, -0.2) is 21.2 Å². The first-order chi connectivity index (χ1) is 10.0. The van der Waals surface area contributed by atoms with Crippen molar-refractivity contribution in [2.75, 3.05) is 11.9 Å². The van der Waals surface area contributed by atoms with E-state index < -0.39 is 0 Å². The van der Waals surface area contributed by atoms with E-state index in [1.807, 2.05) is 25.1 Å². The maximum absolute atomic E-state index is 11.2. The van der Waals surface area contributed by atoms with Gasteiger partial charge < -0.3 is 5.32 Å². The molecule has 1 N–H and O–H groups in total. The number of rotatable bonds is 6. The Hall–Kier alpha value is -2.37. The molecule has 0 aliphatic carbocycles. The van der Waals surface area contributed by atoms with E-state index in [0.29, 0.717) is 24.5 Å². The fraction of sp³-hybridized carbons (Fsp3) is 0.400. The summed E-state index contributed by atoms with van der Waals surface area (Å²) < 4.78 is 1.55. The molecule has 21 heavy (non-hydrogen) atoms. The van der Waals surface area contributed by atoms with Crippen LogP contribution in [0.3, 0.4) is 0 Å². The third-order valence-corrected chi connectivity index (χ3v) is 3.55. The van der Waals surface area contributed by atoms with Crippen molar-refractivity contribution in [3.8, 4) is 0 Å². The minimum Gasteiger partial charge on any atom is -0.364 e. The second-order valence-electron chi connectivity index (χ2n) is 5.07. The topological polar surface area (TPSA) is 73.0 Å². The Labute approximate surface area is 123 Å². The lowest BCUT2D eigenvalue weighted by Crippen LogP contribution is -2.13. The van der Waals surface area contributed by atoms with Crippen LogP contribution in [0.5, 0.6) is 0 Å². The Morgan fingerprint density at radius 3 is 2.62 bits per heavy atom. The van der Waals surface area contributed by atoms with Gasteiger partial charge in [-0.15, -0.1) is 0 Å². The van der Waals surface area contributed by atoms with E-state index in [0.717, 1.165) is 0 Å². The fourth-order valence-electron chi connectivity index (χ4n) is 2.35. The average Bonchev–Trinajstić information content (AvgIpc) is 2.81. The molecular formula is C15H20N4O2. The van der Waals surface area contributed by atoms with Crippen LogP contribution in [0.4, 0.5) is 11.5 Å². The molecule has 1 heterocycles. The van der Waals surface area contributed by atoms with Gasteiger partial charge in [-0.05, 0) is 17.9 Å². The molecule has 2 aromatic rings. The molecule has 0 spiro atoms. The maximum atomic E-state index is 11.2. The molecule has 0 aliphatic heterocycles. The average molecular weight is 288 g/mol. The Balaban J connectivity index is 2.17. The summed E-state index contributed by atoms with van der Waals surface area (Å²) in [5.41, 5.74) is 1.79. The third-order valence-electron chi connectivity index (χ3n) is 3.55. The van der Waals surface area contributed by atoms with Gasteiger partial charge in [0.1, 0.15) is 5.69 Å². The van der Waals surface area contributed by atoms with Gasteiger partial charge in [-0.2, -0.15) is 5.10 Å². The standard InChI is InChI=1S/C15H20N4O2/c1-4-13-14(19(20)21)15(18(3)17-13)16-10-11(2)12-8-6-5-7-9-12/h5-9,11,16H,4,10H2,1-3H3. The van der Waals surface area contributed by atoms with Crippen LogP contribution in [-0.2, 0) is 13.5 Å². The first-order valence-electron chi connectivity index (χ1n) is 7.03. The molecular weight excluding hydrogens is 268 g/mol. The minimum atomic E-state index is -0.360. The summed E-state index contributed by atoms with van der Waals surface area (Å²) in [6.45, 7) is 4.57. The summed E-state index contributed by atoms with van der Waals surface area (Å²) in [4.78, 5) is 10.9. The lowest BCUT2D eigenvalue weighted by molar-refractivity contribution is -0.384. The monoisotopic (exact) mass is 288 g/mol. The molecule has 1 unspecified atom stereocenters. The van der Waals surface area contributed by atoms with Gasteiger partial charge in [0.25, 0.3) is 0 Å². The zero-order valence-electron chi connectivity index (χ0n) is 12.5. The van der Waals surface area contributed by atoms with Crippen molar-refractivity contribution < 1.29 is 4.92 Å². The summed E-state index contributed by atoms with van der Waals surface area (Å²) in [7, 11) is 1.72. The molecule has 0 aliphatic rings. The predicted octanol–water partition coefficient (Wildman–Crippen LogP) is 3.11. The molecule has 1 atom stereocenters. The number of hydrogen-bond acceptors (Lipinski definition) is 4. The Morgan fingerprint density at radius 2 is 2.05 bits per heavy atom. The number of benzene rings is 1. The van der Waals surface area contributed by atoms with Crippen molar-refractivity contribution in [1.82, 2.24) is 9.78 Å². The number of hydrogen-bond donors (Lipinski definition) is 1. The highest BCUT2D eigenvalue weighted by Gasteiger charge is 2.25. The van der Waals surface area contributed by atoms with Crippen LogP contribution in [0.1, 0.15) is 31.0 Å². The van der Waals surface area contributed by atoms with Crippen molar-refractivity contribution in [1.29, 1.82) is 0 Å². The first kappa shape index (κ1) is 15.0. The maximum Gasteiger partial charge on any atom is 0.333 e. The van der Waals surface area contributed by atoms with Crippen LogP contribution in [0.2, 0.25) is 0 Å². The second-order valence-corrected chi connectivity index (χ2v) is 5.07. The summed E-state index contributed by atoms with van der Waals surface area (Å²) >= 11 is 0. The summed E-state index contributed by atoms with van der Waals surface area (Å²) in [5, 5.41) is 18.6. The number of nitro groups is 1. The molecule has 6 heteroatoms. The van der Waals surface area contributed by atoms with Crippen LogP contribution >= 0.6 is 0 Å².